The summed E-state index contributed by atoms with van der Waals surface area (Å²) >= 11 is 0. The molecule has 1 fully saturated rings. The van der Waals surface area contributed by atoms with Gasteiger partial charge in [0.15, 0.2) is 0 Å². The molecule has 0 amide bonds. The topological polar surface area (TPSA) is 67.5 Å². The smallest absolute Gasteiger partial charge is 0.397 e. The van der Waals surface area contributed by atoms with E-state index in [0.717, 1.165) is 12.1 Å². The zero-order valence-corrected chi connectivity index (χ0v) is 10.8. The fraction of sp³-hybridized carbons (Fsp3) is 0.538. The third-order valence-corrected chi connectivity index (χ3v) is 3.53. The Kier molecular flexibility index (Phi) is 4.10. The number of aliphatic hydroxyl groups excluding tert-OH is 1. The first-order chi connectivity index (χ1) is 9.36. The molecular weight excluding hydrogens is 273 g/mol. The van der Waals surface area contributed by atoms with Gasteiger partial charge in [0.1, 0.15) is 0 Å². The summed E-state index contributed by atoms with van der Waals surface area (Å²) in [6, 6.07) is 3.17. The van der Waals surface area contributed by atoms with Crippen LogP contribution in [0.3, 0.4) is 0 Å². The van der Waals surface area contributed by atoms with Gasteiger partial charge in [-0.25, -0.2) is 0 Å². The number of rotatable bonds is 3. The molecule has 0 radical (unpaired) electrons. The normalized spacial score (nSPS) is 18.8. The lowest BCUT2D eigenvalue weighted by Gasteiger charge is -2.37. The predicted octanol–water partition coefficient (Wildman–Crippen LogP) is 2.24. The third-order valence-electron chi connectivity index (χ3n) is 3.53. The molecule has 0 saturated carbocycles. The lowest BCUT2D eigenvalue weighted by molar-refractivity contribution is -0.137. The van der Waals surface area contributed by atoms with Gasteiger partial charge in [0.2, 0.25) is 0 Å². The summed E-state index contributed by atoms with van der Waals surface area (Å²) in [6.07, 6.45) is -3.27. The molecule has 1 aliphatic rings. The van der Waals surface area contributed by atoms with Crippen LogP contribution in [-0.2, 0) is 10.9 Å². The molecule has 20 heavy (non-hydrogen) atoms. The monoisotopic (exact) mass is 290 g/mol. The zero-order valence-electron chi connectivity index (χ0n) is 10.8. The maximum atomic E-state index is 12.6. The largest absolute Gasteiger partial charge is 0.416 e. The van der Waals surface area contributed by atoms with E-state index in [1.807, 2.05) is 0 Å². The van der Waals surface area contributed by atoms with Crippen LogP contribution >= 0.6 is 0 Å². The molecule has 1 aromatic rings. The number of hydrogen-bond acceptors (Lipinski definition) is 4. The average molecular weight is 290 g/mol. The van der Waals surface area contributed by atoms with Gasteiger partial charge in [-0.1, -0.05) is 0 Å². The third kappa shape index (κ3) is 3.16. The van der Waals surface area contributed by atoms with Crippen LogP contribution in [0.1, 0.15) is 18.4 Å². The summed E-state index contributed by atoms with van der Waals surface area (Å²) in [5, 5.41) is 12.6. The Morgan fingerprint density at radius 1 is 1.30 bits per heavy atom. The SMILES string of the molecule is Nc1cc(C(F)(F)F)ccc1NC1(CO)CCOCC1. The van der Waals surface area contributed by atoms with Crippen LogP contribution in [-0.4, -0.2) is 30.5 Å². The van der Waals surface area contributed by atoms with Crippen molar-refractivity contribution in [2.75, 3.05) is 30.9 Å². The number of nitrogen functional groups attached to an aromatic ring is 1. The number of nitrogens with two attached hydrogens (primary N) is 1. The van der Waals surface area contributed by atoms with E-state index in [1.54, 1.807) is 0 Å². The minimum absolute atomic E-state index is 0.0131. The van der Waals surface area contributed by atoms with Crippen molar-refractivity contribution in [3.63, 3.8) is 0 Å². The van der Waals surface area contributed by atoms with E-state index in [-0.39, 0.29) is 12.3 Å². The van der Waals surface area contributed by atoms with Crippen LogP contribution in [0.15, 0.2) is 18.2 Å². The summed E-state index contributed by atoms with van der Waals surface area (Å²) in [7, 11) is 0. The van der Waals surface area contributed by atoms with Crippen molar-refractivity contribution in [3.8, 4) is 0 Å². The highest BCUT2D eigenvalue weighted by Crippen LogP contribution is 2.34. The highest BCUT2D eigenvalue weighted by Gasteiger charge is 2.34. The lowest BCUT2D eigenvalue weighted by atomic mass is 9.90. The fourth-order valence-electron chi connectivity index (χ4n) is 2.22. The van der Waals surface area contributed by atoms with Gasteiger partial charge in [0.05, 0.1) is 29.1 Å². The van der Waals surface area contributed by atoms with Crippen LogP contribution in [0, 0.1) is 0 Å². The van der Waals surface area contributed by atoms with Crippen LogP contribution < -0.4 is 11.1 Å². The minimum Gasteiger partial charge on any atom is -0.397 e. The Bertz CT molecular complexity index is 471. The van der Waals surface area contributed by atoms with E-state index in [9.17, 15) is 18.3 Å². The van der Waals surface area contributed by atoms with Crippen molar-refractivity contribution >= 4 is 11.4 Å². The second-order valence-electron chi connectivity index (χ2n) is 4.98. The molecule has 4 N–H and O–H groups in total. The lowest BCUT2D eigenvalue weighted by Crippen LogP contribution is -2.47. The van der Waals surface area contributed by atoms with Crippen molar-refractivity contribution in [3.05, 3.63) is 23.8 Å². The number of nitrogens with one attached hydrogen (secondary N) is 1. The van der Waals surface area contributed by atoms with E-state index in [2.05, 4.69) is 5.32 Å². The standard InChI is InChI=1S/C13H17F3N2O2/c14-13(15,16)9-1-2-11(10(17)7-9)18-12(8-19)3-5-20-6-4-12/h1-2,7,18-19H,3-6,8,17H2. The van der Waals surface area contributed by atoms with E-state index >= 15 is 0 Å². The average Bonchev–Trinajstić information content (AvgIpc) is 2.41. The Morgan fingerprint density at radius 2 is 1.95 bits per heavy atom. The van der Waals surface area contributed by atoms with Crippen molar-refractivity contribution in [2.45, 2.75) is 24.6 Å². The first-order valence-electron chi connectivity index (χ1n) is 6.30. The first-order valence-corrected chi connectivity index (χ1v) is 6.30. The van der Waals surface area contributed by atoms with E-state index < -0.39 is 17.3 Å². The van der Waals surface area contributed by atoms with Gasteiger partial charge in [-0.05, 0) is 31.0 Å². The van der Waals surface area contributed by atoms with Crippen molar-refractivity contribution in [2.24, 2.45) is 0 Å². The molecular formula is C13H17F3N2O2. The Morgan fingerprint density at radius 3 is 2.45 bits per heavy atom. The minimum atomic E-state index is -4.42. The molecule has 0 bridgehead atoms. The molecule has 2 rings (SSSR count). The first kappa shape index (κ1) is 14.9. The van der Waals surface area contributed by atoms with Crippen molar-refractivity contribution in [1.29, 1.82) is 0 Å². The quantitative estimate of drug-likeness (QED) is 0.747. The molecule has 0 atom stereocenters. The molecule has 1 aliphatic heterocycles. The summed E-state index contributed by atoms with van der Waals surface area (Å²) in [5.41, 5.74) is 4.71. The van der Waals surface area contributed by atoms with Crippen LogP contribution in [0.2, 0.25) is 0 Å². The van der Waals surface area contributed by atoms with E-state index in [0.29, 0.717) is 31.7 Å². The number of ether oxygens (including phenoxy) is 1. The number of aliphatic hydroxyl groups is 1. The molecule has 0 aromatic heterocycles. The van der Waals surface area contributed by atoms with Gasteiger partial charge < -0.3 is 20.9 Å². The van der Waals surface area contributed by atoms with E-state index in [4.69, 9.17) is 10.5 Å². The van der Waals surface area contributed by atoms with E-state index in [1.165, 1.54) is 6.07 Å². The number of halogens is 3. The Labute approximate surface area is 114 Å². The number of alkyl halides is 3. The van der Waals surface area contributed by atoms with Gasteiger partial charge in [0.25, 0.3) is 0 Å². The molecule has 0 unspecified atom stereocenters. The molecule has 1 heterocycles. The highest BCUT2D eigenvalue weighted by atomic mass is 19.4. The molecule has 4 nitrogen and oxygen atoms in total. The number of anilines is 2. The predicted molar refractivity (Wildman–Crippen MR) is 69.3 cm³/mol. The summed E-state index contributed by atoms with van der Waals surface area (Å²) in [4.78, 5) is 0. The molecule has 1 aromatic carbocycles. The second-order valence-corrected chi connectivity index (χ2v) is 4.98. The molecule has 7 heteroatoms. The molecule has 0 aliphatic carbocycles. The fourth-order valence-corrected chi connectivity index (χ4v) is 2.22. The summed E-state index contributed by atoms with van der Waals surface area (Å²) in [6.45, 7) is 0.860. The van der Waals surface area contributed by atoms with Crippen LogP contribution in [0.5, 0.6) is 0 Å². The van der Waals surface area contributed by atoms with Gasteiger partial charge in [0, 0.05) is 13.2 Å². The zero-order chi connectivity index (χ0) is 14.8. The maximum absolute atomic E-state index is 12.6. The highest BCUT2D eigenvalue weighted by molar-refractivity contribution is 5.68. The van der Waals surface area contributed by atoms with Crippen LogP contribution in [0.25, 0.3) is 0 Å². The van der Waals surface area contributed by atoms with Gasteiger partial charge in [-0.2, -0.15) is 13.2 Å². The molecule has 1 saturated heterocycles. The van der Waals surface area contributed by atoms with Crippen LogP contribution in [0.4, 0.5) is 24.5 Å². The number of benzene rings is 1. The van der Waals surface area contributed by atoms with Gasteiger partial charge in [-0.3, -0.25) is 0 Å². The van der Waals surface area contributed by atoms with Gasteiger partial charge in [-0.15, -0.1) is 0 Å². The Balaban J connectivity index is 2.21. The summed E-state index contributed by atoms with van der Waals surface area (Å²) < 4.78 is 42.9. The Hall–Kier alpha value is -1.47. The maximum Gasteiger partial charge on any atom is 0.416 e. The van der Waals surface area contributed by atoms with Gasteiger partial charge >= 0.3 is 6.18 Å². The number of hydrogen-bond donors (Lipinski definition) is 3. The molecule has 112 valence electrons. The summed E-state index contributed by atoms with van der Waals surface area (Å²) in [5.74, 6) is 0. The van der Waals surface area contributed by atoms with Crippen molar-refractivity contribution < 1.29 is 23.0 Å². The van der Waals surface area contributed by atoms with Crippen molar-refractivity contribution in [1.82, 2.24) is 0 Å². The second kappa shape index (κ2) is 5.49. The molecule has 0 spiro atoms.